The predicted molar refractivity (Wildman–Crippen MR) is 99.0 cm³/mol. The summed E-state index contributed by atoms with van der Waals surface area (Å²) in [6, 6.07) is 9.60. The number of allylic oxidation sites excluding steroid dienone is 2. The number of benzene rings is 1. The van der Waals surface area contributed by atoms with Gasteiger partial charge in [0, 0.05) is 5.57 Å². The zero-order chi connectivity index (χ0) is 17.5. The predicted octanol–water partition coefficient (Wildman–Crippen LogP) is 5.06. The quantitative estimate of drug-likeness (QED) is 0.496. The van der Waals surface area contributed by atoms with Crippen molar-refractivity contribution < 1.29 is 8.62 Å². The Kier molecular flexibility index (Phi) is 6.37. The molecule has 1 heterocycles. The Bertz CT molecular complexity index is 735. The van der Waals surface area contributed by atoms with Crippen molar-refractivity contribution in [2.24, 2.45) is 4.99 Å². The van der Waals surface area contributed by atoms with Gasteiger partial charge in [-0.3, -0.25) is 4.99 Å². The van der Waals surface area contributed by atoms with Crippen LogP contribution in [0, 0.1) is 0 Å². The minimum atomic E-state index is 0.0131. The normalized spacial score (nSPS) is 12.0. The number of halogens is 1. The van der Waals surface area contributed by atoms with Gasteiger partial charge in [-0.25, -0.2) is 0 Å². The number of hydrogen-bond donors (Lipinski definition) is 0. The van der Waals surface area contributed by atoms with Crippen LogP contribution in [0.5, 0.6) is 5.75 Å². The molecule has 24 heavy (non-hydrogen) atoms. The monoisotopic (exact) mass is 345 g/mol. The minimum Gasteiger partial charge on any atom is -0.487 e. The van der Waals surface area contributed by atoms with Gasteiger partial charge in [-0.05, 0) is 36.4 Å². The molecule has 0 unspecified atom stereocenters. The Morgan fingerprint density at radius 2 is 2.08 bits per heavy atom. The van der Waals surface area contributed by atoms with Crippen LogP contribution in [0.3, 0.4) is 0 Å². The fourth-order valence-corrected chi connectivity index (χ4v) is 2.54. The number of aliphatic imine (C=N–C) groups is 1. The van der Waals surface area contributed by atoms with Crippen LogP contribution < -0.4 is 4.74 Å². The minimum absolute atomic E-state index is 0.0131. The summed E-state index contributed by atoms with van der Waals surface area (Å²) in [4.78, 5) is 4.01. The Labute approximate surface area is 146 Å². The number of hydrogen-bond acceptors (Lipinski definition) is 4. The molecule has 2 rings (SSSR count). The summed E-state index contributed by atoms with van der Waals surface area (Å²) >= 11 is 0.0131. The van der Waals surface area contributed by atoms with E-state index in [1.54, 1.807) is 12.1 Å². The van der Waals surface area contributed by atoms with E-state index < -0.39 is 0 Å². The van der Waals surface area contributed by atoms with Crippen molar-refractivity contribution in [3.63, 3.8) is 0 Å². The fourth-order valence-electron chi connectivity index (χ4n) is 2.22. The van der Waals surface area contributed by atoms with Crippen LogP contribution in [0.25, 0.3) is 5.57 Å². The molecule has 0 atom stereocenters. The van der Waals surface area contributed by atoms with Crippen molar-refractivity contribution >= 4 is 24.6 Å². The summed E-state index contributed by atoms with van der Waals surface area (Å²) in [6.45, 7) is 11.8. The van der Waals surface area contributed by atoms with Crippen molar-refractivity contribution in [1.82, 2.24) is 9.19 Å². The van der Waals surface area contributed by atoms with Crippen LogP contribution in [0.2, 0.25) is 0 Å². The third-order valence-electron chi connectivity index (χ3n) is 3.58. The topological polar surface area (TPSA) is 39.4 Å². The highest BCUT2D eigenvalue weighted by Gasteiger charge is 2.12. The van der Waals surface area contributed by atoms with Crippen LogP contribution in [0.1, 0.15) is 31.0 Å². The highest BCUT2D eigenvalue weighted by molar-refractivity contribution is 7.92. The van der Waals surface area contributed by atoms with Gasteiger partial charge >= 0.3 is 0 Å². The molecule has 0 radical (unpaired) electrons. The third-order valence-corrected chi connectivity index (χ3v) is 4.00. The van der Waals surface area contributed by atoms with Gasteiger partial charge in [0.25, 0.3) is 0 Å². The third kappa shape index (κ3) is 4.14. The summed E-state index contributed by atoms with van der Waals surface area (Å²) in [6.07, 6.45) is 3.11. The zero-order valence-corrected chi connectivity index (χ0v) is 14.6. The van der Waals surface area contributed by atoms with Gasteiger partial charge in [-0.15, -0.1) is 3.89 Å². The van der Waals surface area contributed by atoms with Crippen LogP contribution in [0.4, 0.5) is 3.89 Å². The van der Waals surface area contributed by atoms with Crippen molar-refractivity contribution in [2.45, 2.75) is 19.8 Å². The average molecular weight is 345 g/mol. The molecule has 0 saturated heterocycles. The van der Waals surface area contributed by atoms with Crippen molar-refractivity contribution in [2.75, 3.05) is 6.61 Å². The molecule has 0 amide bonds. The van der Waals surface area contributed by atoms with Gasteiger partial charge in [-0.1, -0.05) is 38.6 Å². The lowest BCUT2D eigenvalue weighted by atomic mass is 10.0. The van der Waals surface area contributed by atoms with E-state index in [0.29, 0.717) is 22.9 Å². The average Bonchev–Trinajstić information content (AvgIpc) is 3.07. The first-order valence-electron chi connectivity index (χ1n) is 7.49. The first-order valence-corrected chi connectivity index (χ1v) is 8.16. The first kappa shape index (κ1) is 18.0. The standard InChI is InChI=1S/C18H20FN3OS/c1-5-16(18-10-11-21-22(18)24-19)17(20-4)12-23-15-8-6-14(7-9-15)13(2)3/h5-11,13H,1,4,12H2,2-3H3/b17-16+. The molecule has 0 saturated carbocycles. The summed E-state index contributed by atoms with van der Waals surface area (Å²) in [5, 5.41) is 3.88. The Balaban J connectivity index is 2.20. The van der Waals surface area contributed by atoms with E-state index in [4.69, 9.17) is 4.74 Å². The highest BCUT2D eigenvalue weighted by Crippen LogP contribution is 2.25. The second-order valence-corrected chi connectivity index (χ2v) is 5.88. The smallest absolute Gasteiger partial charge is 0.188 e. The summed E-state index contributed by atoms with van der Waals surface area (Å²) in [5.41, 5.74) is 2.99. The Hall–Kier alpha value is -2.34. The van der Waals surface area contributed by atoms with E-state index in [1.807, 2.05) is 24.3 Å². The van der Waals surface area contributed by atoms with Gasteiger partial charge in [0.15, 0.2) is 12.3 Å². The fraction of sp³-hybridized carbons (Fsp3) is 0.222. The molecule has 0 spiro atoms. The molecular weight excluding hydrogens is 325 g/mol. The zero-order valence-electron chi connectivity index (χ0n) is 13.8. The van der Waals surface area contributed by atoms with E-state index in [-0.39, 0.29) is 18.9 Å². The molecule has 0 aliphatic rings. The highest BCUT2D eigenvalue weighted by atomic mass is 32.2. The molecule has 0 N–H and O–H groups in total. The molecule has 4 nitrogen and oxygen atoms in total. The van der Waals surface area contributed by atoms with E-state index >= 15 is 0 Å². The van der Waals surface area contributed by atoms with Gasteiger partial charge in [-0.2, -0.15) is 9.19 Å². The maximum Gasteiger partial charge on any atom is 0.188 e. The van der Waals surface area contributed by atoms with Crippen LogP contribution in [-0.2, 0) is 0 Å². The molecule has 0 aliphatic carbocycles. The molecule has 0 aliphatic heterocycles. The number of nitrogens with zero attached hydrogens (tertiary/aromatic N) is 3. The molecule has 0 fully saturated rings. The van der Waals surface area contributed by atoms with Gasteiger partial charge in [0.05, 0.1) is 17.6 Å². The van der Waals surface area contributed by atoms with E-state index in [1.165, 1.54) is 11.8 Å². The molecule has 126 valence electrons. The molecular formula is C18H20FN3OS. The summed E-state index contributed by atoms with van der Waals surface area (Å²) in [7, 11) is 0. The summed E-state index contributed by atoms with van der Waals surface area (Å²) in [5.74, 6) is 1.20. The van der Waals surface area contributed by atoms with Crippen molar-refractivity contribution in [1.29, 1.82) is 0 Å². The van der Waals surface area contributed by atoms with Crippen LogP contribution in [0.15, 0.2) is 59.9 Å². The lowest BCUT2D eigenvalue weighted by Gasteiger charge is -2.11. The van der Waals surface area contributed by atoms with Gasteiger partial charge < -0.3 is 4.74 Å². The molecule has 1 aromatic heterocycles. The van der Waals surface area contributed by atoms with Gasteiger partial charge in [0.2, 0.25) is 0 Å². The second kappa shape index (κ2) is 8.49. The van der Waals surface area contributed by atoms with Crippen molar-refractivity contribution in [3.05, 3.63) is 66.1 Å². The van der Waals surface area contributed by atoms with Crippen LogP contribution >= 0.6 is 12.3 Å². The molecule has 6 heteroatoms. The largest absolute Gasteiger partial charge is 0.487 e. The van der Waals surface area contributed by atoms with Crippen molar-refractivity contribution in [3.8, 4) is 5.75 Å². The van der Waals surface area contributed by atoms with Crippen LogP contribution in [-0.4, -0.2) is 22.5 Å². The number of aromatic nitrogens is 2. The van der Waals surface area contributed by atoms with Gasteiger partial charge in [0.1, 0.15) is 12.4 Å². The molecule has 1 aromatic carbocycles. The lowest BCUT2D eigenvalue weighted by molar-refractivity contribution is 0.351. The summed E-state index contributed by atoms with van der Waals surface area (Å²) < 4.78 is 19.9. The Morgan fingerprint density at radius 1 is 1.38 bits per heavy atom. The van der Waals surface area contributed by atoms with E-state index in [9.17, 15) is 3.89 Å². The Morgan fingerprint density at radius 3 is 2.62 bits per heavy atom. The number of rotatable bonds is 8. The SMILES string of the molecule is C=C/C(=C(/COc1ccc(C(C)C)cc1)N=C)c1ccnn1SF. The molecule has 0 bridgehead atoms. The van der Waals surface area contributed by atoms with E-state index in [0.717, 1.165) is 9.84 Å². The maximum absolute atomic E-state index is 12.9. The van der Waals surface area contributed by atoms with E-state index in [2.05, 4.69) is 37.2 Å². The lowest BCUT2D eigenvalue weighted by Crippen LogP contribution is -2.04. The first-order chi connectivity index (χ1) is 11.6. The second-order valence-electron chi connectivity index (χ2n) is 5.39. The maximum atomic E-state index is 12.9. The molecule has 2 aromatic rings. The number of ether oxygens (including phenoxy) is 1.